The molecule has 0 fully saturated rings. The normalized spacial score (nSPS) is 9.85. The number of halogens is 4. The molecule has 0 N–H and O–H groups in total. The van der Waals surface area contributed by atoms with Crippen LogP contribution in [0, 0.1) is 37.1 Å². The molecule has 4 nitrogen and oxygen atoms in total. The highest BCUT2D eigenvalue weighted by Crippen LogP contribution is 2.29. The Bertz CT molecular complexity index is 788. The molecule has 26 heavy (non-hydrogen) atoms. The van der Waals surface area contributed by atoms with Gasteiger partial charge in [-0.3, -0.25) is 9.59 Å². The summed E-state index contributed by atoms with van der Waals surface area (Å²) in [5, 5.41) is 0. The van der Waals surface area contributed by atoms with E-state index in [0.29, 0.717) is 5.75 Å². The molecule has 0 radical (unpaired) electrons. The van der Waals surface area contributed by atoms with Gasteiger partial charge in [0.2, 0.25) is 17.4 Å². The summed E-state index contributed by atoms with van der Waals surface area (Å²) in [5.41, 5.74) is 0.349. The van der Waals surface area contributed by atoms with Gasteiger partial charge in [-0.25, -0.2) is 8.78 Å². The van der Waals surface area contributed by atoms with Gasteiger partial charge in [-0.1, -0.05) is 17.7 Å². The number of carbonyl (C=O) groups is 2. The van der Waals surface area contributed by atoms with Gasteiger partial charge in [0, 0.05) is 19.4 Å². The molecular formula is C18H16F4O4. The average Bonchev–Trinajstić information content (AvgIpc) is 2.57. The number of benzene rings is 2. The Balaban J connectivity index is 0.000000273. The van der Waals surface area contributed by atoms with Gasteiger partial charge >= 0.3 is 11.9 Å². The molecule has 2 aromatic rings. The Labute approximate surface area is 147 Å². The molecule has 0 aliphatic heterocycles. The van der Waals surface area contributed by atoms with Crippen molar-refractivity contribution in [2.75, 3.05) is 0 Å². The summed E-state index contributed by atoms with van der Waals surface area (Å²) in [6.45, 7) is 5.10. The molecule has 8 heteroatoms. The highest BCUT2D eigenvalue weighted by Gasteiger charge is 2.25. The van der Waals surface area contributed by atoms with E-state index in [0.717, 1.165) is 19.4 Å². The zero-order valence-electron chi connectivity index (χ0n) is 14.5. The Morgan fingerprint density at radius 3 is 1.54 bits per heavy atom. The van der Waals surface area contributed by atoms with E-state index in [1.807, 2.05) is 19.1 Å². The van der Waals surface area contributed by atoms with Crippen LogP contribution in [0.1, 0.15) is 25.0 Å². The van der Waals surface area contributed by atoms with Gasteiger partial charge in [0.15, 0.2) is 11.6 Å². The molecule has 0 amide bonds. The van der Waals surface area contributed by atoms with E-state index >= 15 is 0 Å². The fourth-order valence-corrected chi connectivity index (χ4v) is 1.73. The number of aryl methyl sites for hydroxylation is 1. The van der Waals surface area contributed by atoms with Crippen molar-refractivity contribution in [1.82, 2.24) is 0 Å². The minimum absolute atomic E-state index is 0.283. The molecule has 0 unspecified atom stereocenters. The first-order chi connectivity index (χ1) is 12.0. The van der Waals surface area contributed by atoms with Gasteiger partial charge in [0.25, 0.3) is 0 Å². The smallest absolute Gasteiger partial charge is 0.308 e. The van der Waals surface area contributed by atoms with Crippen LogP contribution in [0.3, 0.4) is 0 Å². The van der Waals surface area contributed by atoms with Gasteiger partial charge < -0.3 is 9.47 Å². The highest BCUT2D eigenvalue weighted by atomic mass is 19.2. The first kappa shape index (κ1) is 21.1. The van der Waals surface area contributed by atoms with E-state index in [9.17, 15) is 27.2 Å². The van der Waals surface area contributed by atoms with Gasteiger partial charge in [-0.2, -0.15) is 8.78 Å². The maximum absolute atomic E-state index is 13.0. The molecule has 0 aromatic heterocycles. The molecule has 0 saturated carbocycles. The SMILES string of the molecule is CC(=O)Oc1c(F)c(F)c(C)c(F)c1F.CC(=O)Oc1ccc(C)cc1. The van der Waals surface area contributed by atoms with E-state index in [1.54, 1.807) is 12.1 Å². The Morgan fingerprint density at radius 2 is 1.15 bits per heavy atom. The molecule has 0 aliphatic rings. The third kappa shape index (κ3) is 5.58. The zero-order valence-corrected chi connectivity index (χ0v) is 14.5. The van der Waals surface area contributed by atoms with Crippen molar-refractivity contribution in [1.29, 1.82) is 0 Å². The summed E-state index contributed by atoms with van der Waals surface area (Å²) in [6, 6.07) is 7.35. The lowest BCUT2D eigenvalue weighted by atomic mass is 10.2. The van der Waals surface area contributed by atoms with Gasteiger partial charge in [0.05, 0.1) is 0 Å². The molecule has 2 rings (SSSR count). The van der Waals surface area contributed by atoms with Crippen molar-refractivity contribution in [2.45, 2.75) is 27.7 Å². The minimum atomic E-state index is -1.72. The van der Waals surface area contributed by atoms with Crippen molar-refractivity contribution < 1.29 is 36.6 Å². The van der Waals surface area contributed by atoms with E-state index < -0.39 is 40.6 Å². The van der Waals surface area contributed by atoms with Gasteiger partial charge in [0.1, 0.15) is 5.75 Å². The Hall–Kier alpha value is -2.90. The molecule has 0 atom stereocenters. The summed E-state index contributed by atoms with van der Waals surface area (Å²) in [6.07, 6.45) is 0. The fourth-order valence-electron chi connectivity index (χ4n) is 1.73. The van der Waals surface area contributed by atoms with Crippen molar-refractivity contribution in [3.8, 4) is 11.5 Å². The van der Waals surface area contributed by atoms with Crippen LogP contribution >= 0.6 is 0 Å². The van der Waals surface area contributed by atoms with E-state index in [1.165, 1.54) is 6.92 Å². The Morgan fingerprint density at radius 1 is 0.731 bits per heavy atom. The van der Waals surface area contributed by atoms with Crippen LogP contribution in [-0.4, -0.2) is 11.9 Å². The Kier molecular flexibility index (Phi) is 7.30. The predicted molar refractivity (Wildman–Crippen MR) is 84.8 cm³/mol. The quantitative estimate of drug-likeness (QED) is 0.339. The van der Waals surface area contributed by atoms with Crippen molar-refractivity contribution in [3.63, 3.8) is 0 Å². The van der Waals surface area contributed by atoms with Crippen LogP contribution in [0.4, 0.5) is 17.6 Å². The lowest BCUT2D eigenvalue weighted by Crippen LogP contribution is -2.09. The lowest BCUT2D eigenvalue weighted by molar-refractivity contribution is -0.133. The van der Waals surface area contributed by atoms with Gasteiger partial charge in [-0.15, -0.1) is 0 Å². The molecule has 0 aliphatic carbocycles. The van der Waals surface area contributed by atoms with E-state index in [4.69, 9.17) is 4.74 Å². The number of rotatable bonds is 2. The molecule has 140 valence electrons. The van der Waals surface area contributed by atoms with E-state index in [-0.39, 0.29) is 5.97 Å². The largest absolute Gasteiger partial charge is 0.427 e. The summed E-state index contributed by atoms with van der Waals surface area (Å²) >= 11 is 0. The second kappa shape index (κ2) is 8.98. The zero-order chi connectivity index (χ0) is 20.0. The first-order valence-electron chi connectivity index (χ1n) is 7.30. The predicted octanol–water partition coefficient (Wildman–Crippen LogP) is 4.40. The number of carbonyl (C=O) groups excluding carboxylic acids is 2. The van der Waals surface area contributed by atoms with Crippen molar-refractivity contribution in [3.05, 3.63) is 58.7 Å². The second-order valence-electron chi connectivity index (χ2n) is 5.21. The van der Waals surface area contributed by atoms with Gasteiger partial charge in [-0.05, 0) is 26.0 Å². The first-order valence-corrected chi connectivity index (χ1v) is 7.30. The van der Waals surface area contributed by atoms with Crippen LogP contribution in [-0.2, 0) is 9.59 Å². The highest BCUT2D eigenvalue weighted by molar-refractivity contribution is 5.69. The molecule has 0 saturated heterocycles. The second-order valence-corrected chi connectivity index (χ2v) is 5.21. The van der Waals surface area contributed by atoms with E-state index in [2.05, 4.69) is 4.74 Å². The number of hydrogen-bond donors (Lipinski definition) is 0. The third-order valence-corrected chi connectivity index (χ3v) is 2.97. The lowest BCUT2D eigenvalue weighted by Gasteiger charge is -2.08. The topological polar surface area (TPSA) is 52.6 Å². The summed E-state index contributed by atoms with van der Waals surface area (Å²) in [5.74, 6) is -8.71. The standard InChI is InChI=1S/C9H6F4O2.C9H10O2/c1-3-5(10)7(12)9(15-4(2)14)8(13)6(3)11;1-7-3-5-9(6-4-7)11-8(2)10/h1-2H3;3-6H,1-2H3. The minimum Gasteiger partial charge on any atom is -0.427 e. The third-order valence-electron chi connectivity index (χ3n) is 2.97. The summed E-state index contributed by atoms with van der Waals surface area (Å²) in [7, 11) is 0. The van der Waals surface area contributed by atoms with Crippen molar-refractivity contribution in [2.24, 2.45) is 0 Å². The molecule has 0 heterocycles. The number of hydrogen-bond acceptors (Lipinski definition) is 4. The summed E-state index contributed by atoms with van der Waals surface area (Å²) in [4.78, 5) is 20.9. The maximum Gasteiger partial charge on any atom is 0.308 e. The molecule has 2 aromatic carbocycles. The van der Waals surface area contributed by atoms with Crippen LogP contribution in [0.2, 0.25) is 0 Å². The van der Waals surface area contributed by atoms with Crippen LogP contribution in [0.25, 0.3) is 0 Å². The molecule has 0 bridgehead atoms. The number of ether oxygens (including phenoxy) is 2. The summed E-state index contributed by atoms with van der Waals surface area (Å²) < 4.78 is 60.7. The monoisotopic (exact) mass is 372 g/mol. The average molecular weight is 372 g/mol. The van der Waals surface area contributed by atoms with Crippen LogP contribution in [0.5, 0.6) is 11.5 Å². The molecule has 0 spiro atoms. The van der Waals surface area contributed by atoms with Crippen LogP contribution in [0.15, 0.2) is 24.3 Å². The maximum atomic E-state index is 13.0. The fraction of sp³-hybridized carbons (Fsp3) is 0.222. The van der Waals surface area contributed by atoms with Crippen LogP contribution < -0.4 is 9.47 Å². The number of esters is 2. The van der Waals surface area contributed by atoms with Crippen molar-refractivity contribution >= 4 is 11.9 Å². The molecular weight excluding hydrogens is 356 g/mol.